The summed E-state index contributed by atoms with van der Waals surface area (Å²) in [6.45, 7) is 2.25. The normalized spacial score (nSPS) is 23.2. The van der Waals surface area contributed by atoms with E-state index in [1.807, 2.05) is 12.1 Å². The molecule has 33 heavy (non-hydrogen) atoms. The van der Waals surface area contributed by atoms with E-state index in [0.29, 0.717) is 31.7 Å². The molecule has 2 aromatic carbocycles. The highest BCUT2D eigenvalue weighted by molar-refractivity contribution is 5.93. The fourth-order valence-electron chi connectivity index (χ4n) is 5.38. The zero-order valence-electron chi connectivity index (χ0n) is 18.8. The molecular formula is C26H30FN3O3. The summed E-state index contributed by atoms with van der Waals surface area (Å²) in [5.74, 6) is -0.332. The molecule has 6 nitrogen and oxygen atoms in total. The highest BCUT2D eigenvalue weighted by Gasteiger charge is 2.46. The SMILES string of the molecule is O=C(CN1CCCC2(CC1)CN(c1ccc(F)cc1)C(=O)O2)Nc1cccc2c1CCCC2. The van der Waals surface area contributed by atoms with Crippen molar-refractivity contribution >= 4 is 23.4 Å². The van der Waals surface area contributed by atoms with Crippen molar-refractivity contribution in [3.8, 4) is 0 Å². The van der Waals surface area contributed by atoms with E-state index in [1.165, 1.54) is 36.1 Å². The number of carbonyl (C=O) groups excluding carboxylic acids is 2. The lowest BCUT2D eigenvalue weighted by atomic mass is 9.90. The van der Waals surface area contributed by atoms with Crippen molar-refractivity contribution in [3.05, 3.63) is 59.4 Å². The summed E-state index contributed by atoms with van der Waals surface area (Å²) in [7, 11) is 0. The van der Waals surface area contributed by atoms with Crippen LogP contribution in [-0.2, 0) is 22.4 Å². The lowest BCUT2D eigenvalue weighted by molar-refractivity contribution is -0.117. The van der Waals surface area contributed by atoms with Crippen molar-refractivity contribution in [1.82, 2.24) is 4.90 Å². The van der Waals surface area contributed by atoms with Crippen LogP contribution in [0.3, 0.4) is 0 Å². The van der Waals surface area contributed by atoms with Crippen molar-refractivity contribution in [2.75, 3.05) is 36.4 Å². The first kappa shape index (κ1) is 21.9. The molecule has 7 heteroatoms. The van der Waals surface area contributed by atoms with Crippen LogP contribution in [0.1, 0.15) is 43.2 Å². The zero-order valence-corrected chi connectivity index (χ0v) is 18.8. The summed E-state index contributed by atoms with van der Waals surface area (Å²) in [5, 5.41) is 3.13. The highest BCUT2D eigenvalue weighted by atomic mass is 19.1. The Balaban J connectivity index is 1.19. The van der Waals surface area contributed by atoms with E-state index in [1.54, 1.807) is 17.0 Å². The molecule has 174 valence electrons. The third kappa shape index (κ3) is 4.74. The fourth-order valence-corrected chi connectivity index (χ4v) is 5.38. The molecule has 1 spiro atoms. The molecule has 5 rings (SSSR count). The summed E-state index contributed by atoms with van der Waals surface area (Å²) in [6.07, 6.45) is 6.37. The molecule has 2 heterocycles. The highest BCUT2D eigenvalue weighted by Crippen LogP contribution is 2.36. The van der Waals surface area contributed by atoms with Crippen molar-refractivity contribution in [2.24, 2.45) is 0 Å². The second kappa shape index (κ2) is 9.14. The number of carbonyl (C=O) groups is 2. The molecule has 1 N–H and O–H groups in total. The van der Waals surface area contributed by atoms with E-state index in [4.69, 9.17) is 4.74 Å². The van der Waals surface area contributed by atoms with Gasteiger partial charge in [0.15, 0.2) is 0 Å². The van der Waals surface area contributed by atoms with Gasteiger partial charge in [0.1, 0.15) is 11.4 Å². The molecule has 0 aromatic heterocycles. The van der Waals surface area contributed by atoms with Gasteiger partial charge >= 0.3 is 6.09 Å². The summed E-state index contributed by atoms with van der Waals surface area (Å²) in [5.41, 5.74) is 3.66. The van der Waals surface area contributed by atoms with Gasteiger partial charge in [-0.3, -0.25) is 14.6 Å². The number of nitrogens with zero attached hydrogens (tertiary/aromatic N) is 2. The van der Waals surface area contributed by atoms with E-state index in [2.05, 4.69) is 16.3 Å². The quantitative estimate of drug-likeness (QED) is 0.742. The number of anilines is 2. The van der Waals surface area contributed by atoms with Gasteiger partial charge in [-0.15, -0.1) is 0 Å². The topological polar surface area (TPSA) is 61.9 Å². The summed E-state index contributed by atoms with van der Waals surface area (Å²) in [4.78, 5) is 29.1. The first-order valence-corrected chi connectivity index (χ1v) is 11.9. The van der Waals surface area contributed by atoms with Crippen LogP contribution < -0.4 is 10.2 Å². The second-order valence-electron chi connectivity index (χ2n) is 9.44. The average Bonchev–Trinajstić information content (AvgIpc) is 3.01. The van der Waals surface area contributed by atoms with E-state index < -0.39 is 5.60 Å². The van der Waals surface area contributed by atoms with Crippen LogP contribution in [0, 0.1) is 5.82 Å². The van der Waals surface area contributed by atoms with Gasteiger partial charge < -0.3 is 10.1 Å². The van der Waals surface area contributed by atoms with E-state index >= 15 is 0 Å². The molecule has 1 aliphatic carbocycles. The van der Waals surface area contributed by atoms with Crippen LogP contribution in [0.2, 0.25) is 0 Å². The molecule has 1 unspecified atom stereocenters. The fraction of sp³-hybridized carbons (Fsp3) is 0.462. The Morgan fingerprint density at radius 3 is 2.70 bits per heavy atom. The number of likely N-dealkylation sites (tertiary alicyclic amines) is 1. The summed E-state index contributed by atoms with van der Waals surface area (Å²) >= 11 is 0. The minimum absolute atomic E-state index is 0.00118. The molecular weight excluding hydrogens is 421 g/mol. The van der Waals surface area contributed by atoms with Gasteiger partial charge in [0.25, 0.3) is 0 Å². The monoisotopic (exact) mass is 451 g/mol. The second-order valence-corrected chi connectivity index (χ2v) is 9.44. The molecule has 0 radical (unpaired) electrons. The number of benzene rings is 2. The van der Waals surface area contributed by atoms with Crippen LogP contribution >= 0.6 is 0 Å². The Morgan fingerprint density at radius 1 is 1.03 bits per heavy atom. The first-order valence-electron chi connectivity index (χ1n) is 11.9. The largest absolute Gasteiger partial charge is 0.441 e. The van der Waals surface area contributed by atoms with Gasteiger partial charge in [-0.25, -0.2) is 9.18 Å². The lowest BCUT2D eigenvalue weighted by Crippen LogP contribution is -2.38. The van der Waals surface area contributed by atoms with Crippen LogP contribution in [0.5, 0.6) is 0 Å². The van der Waals surface area contributed by atoms with E-state index in [0.717, 1.165) is 37.9 Å². The number of rotatable bonds is 4. The Labute approximate surface area is 193 Å². The molecule has 2 amide bonds. The molecule has 2 saturated heterocycles. The maximum Gasteiger partial charge on any atom is 0.415 e. The molecule has 2 fully saturated rings. The lowest BCUT2D eigenvalue weighted by Gasteiger charge is -2.25. The zero-order chi connectivity index (χ0) is 22.8. The van der Waals surface area contributed by atoms with Gasteiger partial charge in [0, 0.05) is 24.3 Å². The Bertz CT molecular complexity index is 1040. The third-order valence-corrected chi connectivity index (χ3v) is 7.14. The van der Waals surface area contributed by atoms with Gasteiger partial charge in [-0.05, 0) is 86.5 Å². The predicted octanol–water partition coefficient (Wildman–Crippen LogP) is 4.52. The smallest absolute Gasteiger partial charge is 0.415 e. The number of nitrogens with one attached hydrogen (secondary N) is 1. The van der Waals surface area contributed by atoms with E-state index in [9.17, 15) is 14.0 Å². The molecule has 2 aromatic rings. The standard InChI is InChI=1S/C26H30FN3O3/c27-20-9-11-21(12-10-20)30-18-26(33-25(30)32)13-4-15-29(16-14-26)17-24(31)28-23-8-3-6-19-5-1-2-7-22(19)23/h3,6,8-12H,1-2,4-5,7,13-18H2,(H,28,31). The van der Waals surface area contributed by atoms with Crippen LogP contribution in [0.25, 0.3) is 0 Å². The van der Waals surface area contributed by atoms with Gasteiger partial charge in [-0.1, -0.05) is 12.1 Å². The maximum atomic E-state index is 13.3. The summed E-state index contributed by atoms with van der Waals surface area (Å²) < 4.78 is 19.1. The number of ether oxygens (including phenoxy) is 1. The number of hydrogen-bond donors (Lipinski definition) is 1. The van der Waals surface area contributed by atoms with Crippen molar-refractivity contribution in [2.45, 2.75) is 50.5 Å². The predicted molar refractivity (Wildman–Crippen MR) is 125 cm³/mol. The van der Waals surface area contributed by atoms with E-state index in [-0.39, 0.29) is 17.8 Å². The number of halogens is 1. The molecule has 1 atom stereocenters. The van der Waals surface area contributed by atoms with Crippen LogP contribution in [-0.4, -0.2) is 48.7 Å². The minimum Gasteiger partial charge on any atom is -0.441 e. The number of amides is 2. The molecule has 0 saturated carbocycles. The Morgan fingerprint density at radius 2 is 1.85 bits per heavy atom. The third-order valence-electron chi connectivity index (χ3n) is 7.14. The van der Waals surface area contributed by atoms with Crippen LogP contribution in [0.15, 0.2) is 42.5 Å². The van der Waals surface area contributed by atoms with Crippen molar-refractivity contribution in [1.29, 1.82) is 0 Å². The number of aryl methyl sites for hydroxylation is 1. The Hall–Kier alpha value is -2.93. The minimum atomic E-state index is -0.560. The van der Waals surface area contributed by atoms with Crippen LogP contribution in [0.4, 0.5) is 20.6 Å². The van der Waals surface area contributed by atoms with Crippen molar-refractivity contribution < 1.29 is 18.7 Å². The first-order chi connectivity index (χ1) is 16.0. The summed E-state index contributed by atoms with van der Waals surface area (Å²) in [6, 6.07) is 12.1. The Kier molecular flexibility index (Phi) is 6.06. The van der Waals surface area contributed by atoms with Crippen molar-refractivity contribution in [3.63, 3.8) is 0 Å². The molecule has 3 aliphatic rings. The van der Waals surface area contributed by atoms with Gasteiger partial charge in [-0.2, -0.15) is 0 Å². The van der Waals surface area contributed by atoms with Gasteiger partial charge in [0.2, 0.25) is 5.91 Å². The van der Waals surface area contributed by atoms with Gasteiger partial charge in [0.05, 0.1) is 13.1 Å². The average molecular weight is 452 g/mol. The maximum absolute atomic E-state index is 13.3. The number of fused-ring (bicyclic) bond motifs is 1. The number of hydrogen-bond acceptors (Lipinski definition) is 4. The molecule has 2 aliphatic heterocycles. The molecule has 0 bridgehead atoms.